The van der Waals surface area contributed by atoms with E-state index in [1.165, 1.54) is 34.4 Å². The van der Waals surface area contributed by atoms with Crippen molar-refractivity contribution in [3.63, 3.8) is 0 Å². The quantitative estimate of drug-likeness (QED) is 0.180. The summed E-state index contributed by atoms with van der Waals surface area (Å²) in [7, 11) is 0. The monoisotopic (exact) mass is 590 g/mol. The second-order valence-corrected chi connectivity index (χ2v) is 12.4. The zero-order valence-corrected chi connectivity index (χ0v) is 24.9. The molecule has 7 aromatic carbocycles. The predicted molar refractivity (Wildman–Crippen MR) is 180 cm³/mol. The third-order valence-corrected chi connectivity index (χ3v) is 9.50. The molecule has 0 aliphatic heterocycles. The summed E-state index contributed by atoms with van der Waals surface area (Å²) in [5.41, 5.74) is 10.5. The van der Waals surface area contributed by atoms with Gasteiger partial charge in [-0.1, -0.05) is 129 Å². The van der Waals surface area contributed by atoms with Gasteiger partial charge in [-0.2, -0.15) is 13.2 Å². The van der Waals surface area contributed by atoms with Crippen LogP contribution in [0.1, 0.15) is 30.5 Å². The Hall–Kier alpha value is -5.15. The Morgan fingerprint density at radius 1 is 0.422 bits per heavy atom. The van der Waals surface area contributed by atoms with Crippen LogP contribution in [0.15, 0.2) is 140 Å². The van der Waals surface area contributed by atoms with E-state index in [-0.39, 0.29) is 5.41 Å². The summed E-state index contributed by atoms with van der Waals surface area (Å²) in [5, 5.41) is 4.14. The summed E-state index contributed by atoms with van der Waals surface area (Å²) in [6.45, 7) is 4.57. The van der Waals surface area contributed by atoms with Crippen LogP contribution in [0.2, 0.25) is 0 Å². The average molecular weight is 591 g/mol. The molecule has 8 rings (SSSR count). The fourth-order valence-corrected chi connectivity index (χ4v) is 7.31. The molecule has 0 N–H and O–H groups in total. The first-order valence-electron chi connectivity index (χ1n) is 15.2. The first-order chi connectivity index (χ1) is 21.7. The molecule has 0 bridgehead atoms. The standard InChI is InChI=1S/C42H29F3/c1-41(2)37-15-9-8-12-31(37)35-25-29(19-23-38(35)41)40-33-14-7-6-13-32(33)39(27-16-20-30(21-17-27)42(43,44)45)34-22-18-28(24-36(34)40)26-10-4-3-5-11-26/h3-25H,1-2H3. The van der Waals surface area contributed by atoms with Crippen molar-refractivity contribution in [1.29, 1.82) is 0 Å². The van der Waals surface area contributed by atoms with E-state index in [0.29, 0.717) is 0 Å². The molecule has 0 unspecified atom stereocenters. The van der Waals surface area contributed by atoms with E-state index in [1.807, 2.05) is 30.3 Å². The molecular formula is C42H29F3. The van der Waals surface area contributed by atoms with Crippen LogP contribution in [0.3, 0.4) is 0 Å². The van der Waals surface area contributed by atoms with Crippen LogP contribution in [0.25, 0.3) is 66.1 Å². The van der Waals surface area contributed by atoms with Crippen LogP contribution in [-0.2, 0) is 11.6 Å². The molecule has 7 aromatic rings. The van der Waals surface area contributed by atoms with Crippen molar-refractivity contribution in [2.24, 2.45) is 0 Å². The number of halogens is 3. The molecule has 45 heavy (non-hydrogen) atoms. The molecule has 0 saturated heterocycles. The van der Waals surface area contributed by atoms with Gasteiger partial charge in [0.15, 0.2) is 0 Å². The highest BCUT2D eigenvalue weighted by Gasteiger charge is 2.35. The molecule has 1 aliphatic rings. The Balaban J connectivity index is 1.46. The molecule has 0 nitrogen and oxygen atoms in total. The van der Waals surface area contributed by atoms with Crippen molar-refractivity contribution in [3.8, 4) is 44.5 Å². The van der Waals surface area contributed by atoms with Crippen LogP contribution >= 0.6 is 0 Å². The highest BCUT2D eigenvalue weighted by Crippen LogP contribution is 2.51. The number of fused-ring (bicyclic) bond motifs is 5. The molecule has 0 aromatic heterocycles. The van der Waals surface area contributed by atoms with E-state index in [2.05, 4.69) is 98.8 Å². The minimum Gasteiger partial charge on any atom is -0.166 e. The van der Waals surface area contributed by atoms with E-state index in [1.54, 1.807) is 12.1 Å². The normalized spacial score (nSPS) is 13.6. The van der Waals surface area contributed by atoms with Crippen molar-refractivity contribution >= 4 is 21.5 Å². The maximum absolute atomic E-state index is 13.5. The molecule has 0 atom stereocenters. The van der Waals surface area contributed by atoms with E-state index in [4.69, 9.17) is 0 Å². The molecule has 0 saturated carbocycles. The van der Waals surface area contributed by atoms with E-state index >= 15 is 0 Å². The summed E-state index contributed by atoms with van der Waals surface area (Å²) in [6, 6.07) is 46.1. The SMILES string of the molecule is CC1(C)c2ccccc2-c2cc(-c3c4ccccc4c(-c4ccc(C(F)(F)F)cc4)c4ccc(-c5ccccc5)cc34)ccc21. The highest BCUT2D eigenvalue weighted by atomic mass is 19.4. The van der Waals surface area contributed by atoms with Crippen LogP contribution in [0, 0.1) is 0 Å². The summed E-state index contributed by atoms with van der Waals surface area (Å²) < 4.78 is 40.5. The van der Waals surface area contributed by atoms with Crippen LogP contribution in [0.5, 0.6) is 0 Å². The van der Waals surface area contributed by atoms with Gasteiger partial charge in [0.1, 0.15) is 0 Å². The van der Waals surface area contributed by atoms with Gasteiger partial charge in [0.2, 0.25) is 0 Å². The fourth-order valence-electron chi connectivity index (χ4n) is 7.31. The molecule has 3 heteroatoms. The Morgan fingerprint density at radius 2 is 0.978 bits per heavy atom. The zero-order valence-electron chi connectivity index (χ0n) is 24.9. The lowest BCUT2D eigenvalue weighted by molar-refractivity contribution is -0.137. The van der Waals surface area contributed by atoms with Gasteiger partial charge in [-0.15, -0.1) is 0 Å². The van der Waals surface area contributed by atoms with Crippen LogP contribution < -0.4 is 0 Å². The molecule has 0 fully saturated rings. The summed E-state index contributed by atoms with van der Waals surface area (Å²) >= 11 is 0. The van der Waals surface area contributed by atoms with Gasteiger partial charge in [-0.05, 0) is 101 Å². The molecular weight excluding hydrogens is 561 g/mol. The van der Waals surface area contributed by atoms with E-state index < -0.39 is 11.7 Å². The van der Waals surface area contributed by atoms with Gasteiger partial charge in [0.25, 0.3) is 0 Å². The van der Waals surface area contributed by atoms with Gasteiger partial charge >= 0.3 is 6.18 Å². The number of alkyl halides is 3. The minimum atomic E-state index is -4.39. The second-order valence-electron chi connectivity index (χ2n) is 12.4. The second kappa shape index (κ2) is 9.93. The lowest BCUT2D eigenvalue weighted by Crippen LogP contribution is -2.14. The number of benzene rings is 7. The zero-order chi connectivity index (χ0) is 30.9. The lowest BCUT2D eigenvalue weighted by Gasteiger charge is -2.22. The molecule has 1 aliphatic carbocycles. The number of hydrogen-bond acceptors (Lipinski definition) is 0. The Labute approximate surface area is 260 Å². The summed E-state index contributed by atoms with van der Waals surface area (Å²) in [4.78, 5) is 0. The van der Waals surface area contributed by atoms with Crippen LogP contribution in [0.4, 0.5) is 13.2 Å². The topological polar surface area (TPSA) is 0 Å². The lowest BCUT2D eigenvalue weighted by atomic mass is 9.81. The summed E-state index contributed by atoms with van der Waals surface area (Å²) in [5.74, 6) is 0. The van der Waals surface area contributed by atoms with Crippen molar-refractivity contribution in [1.82, 2.24) is 0 Å². The van der Waals surface area contributed by atoms with Gasteiger partial charge < -0.3 is 0 Å². The van der Waals surface area contributed by atoms with Gasteiger partial charge in [0.05, 0.1) is 5.56 Å². The predicted octanol–water partition coefficient (Wildman–Crippen LogP) is 12.3. The van der Waals surface area contributed by atoms with Crippen molar-refractivity contribution < 1.29 is 13.2 Å². The maximum atomic E-state index is 13.5. The largest absolute Gasteiger partial charge is 0.416 e. The first kappa shape index (κ1) is 27.4. The number of hydrogen-bond donors (Lipinski definition) is 0. The minimum absolute atomic E-state index is 0.0957. The molecule has 218 valence electrons. The van der Waals surface area contributed by atoms with Gasteiger partial charge in [0, 0.05) is 5.41 Å². The molecule has 0 heterocycles. The Morgan fingerprint density at radius 3 is 1.69 bits per heavy atom. The fraction of sp³-hybridized carbons (Fsp3) is 0.0952. The van der Waals surface area contributed by atoms with Crippen molar-refractivity contribution in [3.05, 3.63) is 156 Å². The van der Waals surface area contributed by atoms with Crippen molar-refractivity contribution in [2.45, 2.75) is 25.4 Å². The van der Waals surface area contributed by atoms with Crippen molar-refractivity contribution in [2.75, 3.05) is 0 Å². The average Bonchev–Trinajstić information content (AvgIpc) is 3.29. The molecule has 0 radical (unpaired) electrons. The molecule has 0 spiro atoms. The summed E-state index contributed by atoms with van der Waals surface area (Å²) in [6.07, 6.45) is -4.39. The third kappa shape index (κ3) is 4.29. The first-order valence-corrected chi connectivity index (χ1v) is 15.2. The van der Waals surface area contributed by atoms with Gasteiger partial charge in [-0.25, -0.2) is 0 Å². The highest BCUT2D eigenvalue weighted by molar-refractivity contribution is 6.22. The van der Waals surface area contributed by atoms with Gasteiger partial charge in [-0.3, -0.25) is 0 Å². The van der Waals surface area contributed by atoms with E-state index in [9.17, 15) is 13.2 Å². The van der Waals surface area contributed by atoms with Crippen LogP contribution in [-0.4, -0.2) is 0 Å². The van der Waals surface area contributed by atoms with E-state index in [0.717, 1.165) is 54.9 Å². The third-order valence-electron chi connectivity index (χ3n) is 9.50. The number of rotatable bonds is 3. The molecule has 0 amide bonds. The Kier molecular flexibility index (Phi) is 6.05. The Bertz CT molecular complexity index is 2260. The maximum Gasteiger partial charge on any atom is 0.416 e. The smallest absolute Gasteiger partial charge is 0.166 e.